The molecule has 0 aromatic heterocycles. The van der Waals surface area contributed by atoms with Crippen LogP contribution in [0.2, 0.25) is 0 Å². The van der Waals surface area contributed by atoms with Crippen LogP contribution >= 0.6 is 0 Å². The zero-order valence-electron chi connectivity index (χ0n) is 11.5. The van der Waals surface area contributed by atoms with Crippen molar-refractivity contribution < 1.29 is 4.74 Å². The first-order chi connectivity index (χ1) is 9.90. The fraction of sp³-hybridized carbons (Fsp3) is 0.222. The lowest BCUT2D eigenvalue weighted by atomic mass is 10.0. The molecule has 0 radical (unpaired) electrons. The minimum absolute atomic E-state index is 0.578. The first kappa shape index (κ1) is 14.2. The standard InChI is InChI=1S/C18H19NO/c1-2-12-19-13-14-20-18-11-7-6-10-17(18)15-16-8-4-3-5-9-16/h1,3-11,19H,12-15H2. The van der Waals surface area contributed by atoms with Gasteiger partial charge >= 0.3 is 0 Å². The van der Waals surface area contributed by atoms with Gasteiger partial charge in [-0.15, -0.1) is 6.42 Å². The number of benzene rings is 2. The lowest BCUT2D eigenvalue weighted by Crippen LogP contribution is -2.21. The normalized spacial score (nSPS) is 9.95. The summed E-state index contributed by atoms with van der Waals surface area (Å²) in [6.45, 7) is 1.95. The molecule has 0 fully saturated rings. The molecule has 2 aromatic carbocycles. The van der Waals surface area contributed by atoms with Gasteiger partial charge in [0.2, 0.25) is 0 Å². The van der Waals surface area contributed by atoms with Crippen molar-refractivity contribution in [3.8, 4) is 18.1 Å². The van der Waals surface area contributed by atoms with Crippen molar-refractivity contribution in [1.82, 2.24) is 5.32 Å². The minimum Gasteiger partial charge on any atom is -0.492 e. The Kier molecular flexibility index (Phi) is 5.70. The van der Waals surface area contributed by atoms with E-state index in [0.717, 1.165) is 18.7 Å². The number of para-hydroxylation sites is 1. The van der Waals surface area contributed by atoms with E-state index in [1.165, 1.54) is 11.1 Å². The van der Waals surface area contributed by atoms with Crippen molar-refractivity contribution in [2.45, 2.75) is 6.42 Å². The monoisotopic (exact) mass is 265 g/mol. The number of ether oxygens (including phenoxy) is 1. The van der Waals surface area contributed by atoms with Crippen molar-refractivity contribution in [2.24, 2.45) is 0 Å². The highest BCUT2D eigenvalue weighted by molar-refractivity contribution is 5.37. The third-order valence-corrected chi connectivity index (χ3v) is 2.97. The number of hydrogen-bond acceptors (Lipinski definition) is 2. The average Bonchev–Trinajstić information content (AvgIpc) is 2.50. The van der Waals surface area contributed by atoms with E-state index in [1.54, 1.807) is 0 Å². The lowest BCUT2D eigenvalue weighted by molar-refractivity contribution is 0.314. The molecule has 1 N–H and O–H groups in total. The Labute approximate surface area is 120 Å². The van der Waals surface area contributed by atoms with Gasteiger partial charge in [0.25, 0.3) is 0 Å². The van der Waals surface area contributed by atoms with Gasteiger partial charge in [-0.3, -0.25) is 0 Å². The number of nitrogens with one attached hydrogen (secondary N) is 1. The molecule has 102 valence electrons. The van der Waals surface area contributed by atoms with E-state index in [9.17, 15) is 0 Å². The highest BCUT2D eigenvalue weighted by Crippen LogP contribution is 2.21. The molecule has 0 amide bonds. The summed E-state index contributed by atoms with van der Waals surface area (Å²) in [4.78, 5) is 0. The molecule has 20 heavy (non-hydrogen) atoms. The molecule has 0 saturated carbocycles. The van der Waals surface area contributed by atoms with Gasteiger partial charge in [0.05, 0.1) is 6.54 Å². The molecule has 0 spiro atoms. The first-order valence-electron chi connectivity index (χ1n) is 6.79. The van der Waals surface area contributed by atoms with Crippen LogP contribution in [0.3, 0.4) is 0 Å². The molecular weight excluding hydrogens is 246 g/mol. The largest absolute Gasteiger partial charge is 0.492 e. The summed E-state index contributed by atoms with van der Waals surface area (Å²) in [7, 11) is 0. The molecular formula is C18H19NO. The van der Waals surface area contributed by atoms with Crippen LogP contribution in [-0.2, 0) is 6.42 Å². The molecule has 2 heteroatoms. The Morgan fingerprint density at radius 3 is 2.55 bits per heavy atom. The molecule has 0 aliphatic carbocycles. The van der Waals surface area contributed by atoms with Gasteiger partial charge < -0.3 is 10.1 Å². The minimum atomic E-state index is 0.578. The molecule has 0 saturated heterocycles. The maximum atomic E-state index is 5.82. The highest BCUT2D eigenvalue weighted by atomic mass is 16.5. The predicted octanol–water partition coefficient (Wildman–Crippen LogP) is 2.88. The SMILES string of the molecule is C#CCNCCOc1ccccc1Cc1ccccc1. The molecule has 0 unspecified atom stereocenters. The van der Waals surface area contributed by atoms with E-state index >= 15 is 0 Å². The van der Waals surface area contributed by atoms with E-state index in [4.69, 9.17) is 11.2 Å². The van der Waals surface area contributed by atoms with Gasteiger partial charge in [-0.1, -0.05) is 54.5 Å². The third-order valence-electron chi connectivity index (χ3n) is 2.97. The Morgan fingerprint density at radius 2 is 1.75 bits per heavy atom. The lowest BCUT2D eigenvalue weighted by Gasteiger charge is -2.11. The highest BCUT2D eigenvalue weighted by Gasteiger charge is 2.03. The maximum Gasteiger partial charge on any atom is 0.122 e. The van der Waals surface area contributed by atoms with Gasteiger partial charge in [-0.2, -0.15) is 0 Å². The molecule has 0 aliphatic rings. The second-order valence-electron chi connectivity index (χ2n) is 4.50. The van der Waals surface area contributed by atoms with Gasteiger partial charge in [-0.25, -0.2) is 0 Å². The van der Waals surface area contributed by atoms with Gasteiger partial charge in [0, 0.05) is 13.0 Å². The van der Waals surface area contributed by atoms with E-state index in [2.05, 4.69) is 41.6 Å². The van der Waals surface area contributed by atoms with Crippen LogP contribution in [0.25, 0.3) is 0 Å². The summed E-state index contributed by atoms with van der Waals surface area (Å²) < 4.78 is 5.82. The quantitative estimate of drug-likeness (QED) is 0.614. The van der Waals surface area contributed by atoms with Crippen molar-refractivity contribution in [3.63, 3.8) is 0 Å². The Hall–Kier alpha value is -2.24. The van der Waals surface area contributed by atoms with E-state index in [-0.39, 0.29) is 0 Å². The number of rotatable bonds is 7. The molecule has 2 aromatic rings. The summed E-state index contributed by atoms with van der Waals surface area (Å²) >= 11 is 0. The number of hydrogen-bond donors (Lipinski definition) is 1. The Morgan fingerprint density at radius 1 is 1.00 bits per heavy atom. The molecule has 2 rings (SSSR count). The third kappa shape index (κ3) is 4.46. The Bertz CT molecular complexity index is 557. The second-order valence-corrected chi connectivity index (χ2v) is 4.50. The van der Waals surface area contributed by atoms with Crippen LogP contribution in [0, 0.1) is 12.3 Å². The fourth-order valence-corrected chi connectivity index (χ4v) is 2.00. The van der Waals surface area contributed by atoms with Crippen LogP contribution < -0.4 is 10.1 Å². The maximum absolute atomic E-state index is 5.82. The van der Waals surface area contributed by atoms with E-state index in [0.29, 0.717) is 13.2 Å². The first-order valence-corrected chi connectivity index (χ1v) is 6.79. The van der Waals surface area contributed by atoms with E-state index in [1.807, 2.05) is 24.3 Å². The van der Waals surface area contributed by atoms with Crippen LogP contribution in [0.4, 0.5) is 0 Å². The topological polar surface area (TPSA) is 21.3 Å². The molecule has 0 bridgehead atoms. The summed E-state index contributed by atoms with van der Waals surface area (Å²) in [6, 6.07) is 18.6. The van der Waals surface area contributed by atoms with Crippen LogP contribution in [-0.4, -0.2) is 19.7 Å². The second kappa shape index (κ2) is 8.04. The zero-order valence-corrected chi connectivity index (χ0v) is 11.5. The number of terminal acetylenes is 1. The van der Waals surface area contributed by atoms with Gasteiger partial charge in [0.15, 0.2) is 0 Å². The molecule has 0 aliphatic heterocycles. The van der Waals surface area contributed by atoms with Crippen molar-refractivity contribution in [1.29, 1.82) is 0 Å². The fourth-order valence-electron chi connectivity index (χ4n) is 2.00. The van der Waals surface area contributed by atoms with Crippen molar-refractivity contribution in [3.05, 3.63) is 65.7 Å². The summed E-state index contributed by atoms with van der Waals surface area (Å²) in [5.41, 5.74) is 2.49. The van der Waals surface area contributed by atoms with Crippen molar-refractivity contribution >= 4 is 0 Å². The molecule has 0 atom stereocenters. The van der Waals surface area contributed by atoms with Gasteiger partial charge in [-0.05, 0) is 17.2 Å². The van der Waals surface area contributed by atoms with Crippen LogP contribution in [0.1, 0.15) is 11.1 Å². The predicted molar refractivity (Wildman–Crippen MR) is 82.9 cm³/mol. The average molecular weight is 265 g/mol. The molecule has 0 heterocycles. The van der Waals surface area contributed by atoms with E-state index < -0.39 is 0 Å². The Balaban J connectivity index is 1.94. The zero-order chi connectivity index (χ0) is 14.0. The van der Waals surface area contributed by atoms with Crippen LogP contribution in [0.5, 0.6) is 5.75 Å². The van der Waals surface area contributed by atoms with Gasteiger partial charge in [0.1, 0.15) is 12.4 Å². The molecule has 2 nitrogen and oxygen atoms in total. The summed E-state index contributed by atoms with van der Waals surface area (Å²) in [5, 5.41) is 3.11. The van der Waals surface area contributed by atoms with Crippen molar-refractivity contribution in [2.75, 3.05) is 19.7 Å². The summed E-state index contributed by atoms with van der Waals surface area (Å²) in [5.74, 6) is 3.49. The smallest absolute Gasteiger partial charge is 0.122 e. The van der Waals surface area contributed by atoms with Crippen LogP contribution in [0.15, 0.2) is 54.6 Å². The summed E-state index contributed by atoms with van der Waals surface area (Å²) in [6.07, 6.45) is 6.06.